The van der Waals surface area contributed by atoms with Gasteiger partial charge in [0.05, 0.1) is 0 Å². The van der Waals surface area contributed by atoms with Gasteiger partial charge in [-0.15, -0.1) is 0 Å². The normalized spacial score (nSPS) is 10.6. The summed E-state index contributed by atoms with van der Waals surface area (Å²) in [5.41, 5.74) is 7.40. The third kappa shape index (κ3) is 6.57. The molecule has 0 unspecified atom stereocenters. The van der Waals surface area contributed by atoms with Crippen molar-refractivity contribution in [1.29, 1.82) is 0 Å². The van der Waals surface area contributed by atoms with Crippen LogP contribution in [0.4, 0.5) is 0 Å². The largest absolute Gasteiger partial charge is 0.330 e. The summed E-state index contributed by atoms with van der Waals surface area (Å²) >= 11 is 0. The third-order valence-corrected chi connectivity index (χ3v) is 4.67. The van der Waals surface area contributed by atoms with Gasteiger partial charge in [-0.3, -0.25) is 19.2 Å². The molecule has 0 aliphatic rings. The SMILES string of the molecule is CCCC(=O)c1cccc(C(=O)CCCC(=O)c2cccc(C(=O)CCN)c2)c1. The predicted molar refractivity (Wildman–Crippen MR) is 113 cm³/mol. The Morgan fingerprint density at radius 3 is 1.41 bits per heavy atom. The van der Waals surface area contributed by atoms with Gasteiger partial charge in [-0.05, 0) is 31.5 Å². The Morgan fingerprint density at radius 1 is 0.655 bits per heavy atom. The zero-order chi connectivity index (χ0) is 21.2. The minimum atomic E-state index is -0.105. The number of ketones is 4. The first-order valence-electron chi connectivity index (χ1n) is 9.99. The molecule has 0 atom stereocenters. The van der Waals surface area contributed by atoms with E-state index in [-0.39, 0.29) is 48.9 Å². The van der Waals surface area contributed by atoms with E-state index in [1.807, 2.05) is 6.92 Å². The summed E-state index contributed by atoms with van der Waals surface area (Å²) in [5, 5.41) is 0. The molecular weight excluding hydrogens is 366 g/mol. The molecule has 5 nitrogen and oxygen atoms in total. The molecule has 2 N–H and O–H groups in total. The number of carbonyl (C=O) groups excluding carboxylic acids is 4. The Morgan fingerprint density at radius 2 is 1.03 bits per heavy atom. The molecule has 0 bridgehead atoms. The van der Waals surface area contributed by atoms with Crippen LogP contribution >= 0.6 is 0 Å². The van der Waals surface area contributed by atoms with E-state index in [2.05, 4.69) is 0 Å². The molecule has 0 saturated carbocycles. The van der Waals surface area contributed by atoms with E-state index in [9.17, 15) is 19.2 Å². The van der Waals surface area contributed by atoms with E-state index < -0.39 is 0 Å². The second kappa shape index (κ2) is 11.2. The number of hydrogen-bond acceptors (Lipinski definition) is 5. The lowest BCUT2D eigenvalue weighted by Gasteiger charge is -2.06. The van der Waals surface area contributed by atoms with Crippen LogP contribution in [0.3, 0.4) is 0 Å². The molecule has 0 fully saturated rings. The van der Waals surface area contributed by atoms with E-state index in [1.165, 1.54) is 0 Å². The molecule has 0 saturated heterocycles. The molecule has 5 heteroatoms. The van der Waals surface area contributed by atoms with Crippen molar-refractivity contribution in [1.82, 2.24) is 0 Å². The van der Waals surface area contributed by atoms with Crippen molar-refractivity contribution in [3.63, 3.8) is 0 Å². The second-order valence-corrected chi connectivity index (χ2v) is 7.00. The molecule has 0 amide bonds. The molecule has 0 aromatic heterocycles. The number of Topliss-reactive ketones (excluding diaryl/α,β-unsaturated/α-hetero) is 4. The summed E-state index contributed by atoms with van der Waals surface area (Å²) < 4.78 is 0. The van der Waals surface area contributed by atoms with Crippen molar-refractivity contribution in [3.8, 4) is 0 Å². The average Bonchev–Trinajstić information content (AvgIpc) is 2.74. The number of nitrogens with two attached hydrogens (primary N) is 1. The highest BCUT2D eigenvalue weighted by atomic mass is 16.1. The monoisotopic (exact) mass is 393 g/mol. The Kier molecular flexibility index (Phi) is 8.62. The van der Waals surface area contributed by atoms with Crippen molar-refractivity contribution in [2.24, 2.45) is 5.73 Å². The lowest BCUT2D eigenvalue weighted by Crippen LogP contribution is -2.09. The number of benzene rings is 2. The van der Waals surface area contributed by atoms with Gasteiger partial charge in [0.15, 0.2) is 23.1 Å². The lowest BCUT2D eigenvalue weighted by atomic mass is 9.97. The van der Waals surface area contributed by atoms with Crippen LogP contribution in [0.1, 0.15) is 86.9 Å². The van der Waals surface area contributed by atoms with Crippen molar-refractivity contribution >= 4 is 23.1 Å². The quantitative estimate of drug-likeness (QED) is 0.538. The highest BCUT2D eigenvalue weighted by Gasteiger charge is 2.13. The van der Waals surface area contributed by atoms with E-state index in [0.29, 0.717) is 35.1 Å². The number of rotatable bonds is 12. The molecular formula is C24H27NO4. The van der Waals surface area contributed by atoms with Gasteiger partial charge in [-0.2, -0.15) is 0 Å². The maximum absolute atomic E-state index is 12.4. The molecule has 2 rings (SSSR count). The van der Waals surface area contributed by atoms with Crippen LogP contribution in [0.5, 0.6) is 0 Å². The third-order valence-electron chi connectivity index (χ3n) is 4.67. The molecule has 0 heterocycles. The maximum atomic E-state index is 12.4. The molecule has 152 valence electrons. The van der Waals surface area contributed by atoms with Gasteiger partial charge in [-0.1, -0.05) is 43.3 Å². The van der Waals surface area contributed by atoms with Gasteiger partial charge in [0.25, 0.3) is 0 Å². The summed E-state index contributed by atoms with van der Waals surface area (Å²) in [6.45, 7) is 2.21. The first-order valence-corrected chi connectivity index (χ1v) is 9.99. The summed E-state index contributed by atoms with van der Waals surface area (Å²) in [6, 6.07) is 13.4. The Bertz CT molecular complexity index is 828. The first-order chi connectivity index (χ1) is 14.0. The van der Waals surface area contributed by atoms with Gasteiger partial charge in [0.1, 0.15) is 0 Å². The molecule has 0 aliphatic carbocycles. The minimum absolute atomic E-state index is 0.0291. The lowest BCUT2D eigenvalue weighted by molar-refractivity contribution is 0.0955. The number of hydrogen-bond donors (Lipinski definition) is 1. The van der Waals surface area contributed by atoms with E-state index >= 15 is 0 Å². The van der Waals surface area contributed by atoms with Crippen LogP contribution in [0.2, 0.25) is 0 Å². The fraction of sp³-hybridized carbons (Fsp3) is 0.333. The second-order valence-electron chi connectivity index (χ2n) is 7.00. The van der Waals surface area contributed by atoms with Crippen LogP contribution in [0, 0.1) is 0 Å². The van der Waals surface area contributed by atoms with Gasteiger partial charge in [0.2, 0.25) is 0 Å². The highest BCUT2D eigenvalue weighted by molar-refractivity contribution is 6.03. The Hall–Kier alpha value is -2.92. The van der Waals surface area contributed by atoms with Crippen molar-refractivity contribution in [2.45, 2.75) is 45.4 Å². The average molecular weight is 393 g/mol. The molecule has 2 aromatic rings. The fourth-order valence-corrected chi connectivity index (χ4v) is 3.08. The zero-order valence-electron chi connectivity index (χ0n) is 16.8. The van der Waals surface area contributed by atoms with Gasteiger partial charge in [0, 0.05) is 47.9 Å². The Labute approximate surface area is 171 Å². The van der Waals surface area contributed by atoms with Gasteiger partial charge >= 0.3 is 0 Å². The fourth-order valence-electron chi connectivity index (χ4n) is 3.08. The minimum Gasteiger partial charge on any atom is -0.330 e. The van der Waals surface area contributed by atoms with Crippen LogP contribution in [0.25, 0.3) is 0 Å². The standard InChI is InChI=1S/C24H27NO4/c1-2-6-21(26)17-7-3-8-18(15-17)22(27)11-5-12-23(28)19-9-4-10-20(16-19)24(29)13-14-25/h3-4,7-10,15-16H,2,5-6,11-14,25H2,1H3. The first kappa shape index (κ1) is 22.4. The summed E-state index contributed by atoms with van der Waals surface area (Å²) in [4.78, 5) is 48.8. The number of carbonyl (C=O) groups is 4. The van der Waals surface area contributed by atoms with E-state index in [4.69, 9.17) is 5.73 Å². The smallest absolute Gasteiger partial charge is 0.164 e. The van der Waals surface area contributed by atoms with E-state index in [1.54, 1.807) is 48.5 Å². The molecule has 0 spiro atoms. The highest BCUT2D eigenvalue weighted by Crippen LogP contribution is 2.15. The zero-order valence-corrected chi connectivity index (χ0v) is 16.8. The topological polar surface area (TPSA) is 94.3 Å². The molecule has 0 aliphatic heterocycles. The van der Waals surface area contributed by atoms with Crippen LogP contribution in [-0.4, -0.2) is 29.7 Å². The van der Waals surface area contributed by atoms with Gasteiger partial charge < -0.3 is 5.73 Å². The van der Waals surface area contributed by atoms with Crippen LogP contribution in [0.15, 0.2) is 48.5 Å². The van der Waals surface area contributed by atoms with Crippen molar-refractivity contribution < 1.29 is 19.2 Å². The maximum Gasteiger partial charge on any atom is 0.164 e. The van der Waals surface area contributed by atoms with E-state index in [0.717, 1.165) is 6.42 Å². The van der Waals surface area contributed by atoms with Crippen LogP contribution in [-0.2, 0) is 0 Å². The van der Waals surface area contributed by atoms with Gasteiger partial charge in [-0.25, -0.2) is 0 Å². The summed E-state index contributed by atoms with van der Waals surface area (Å²) in [7, 11) is 0. The molecule has 29 heavy (non-hydrogen) atoms. The summed E-state index contributed by atoms with van der Waals surface area (Å²) in [6.07, 6.45) is 2.31. The molecule has 0 radical (unpaired) electrons. The Balaban J connectivity index is 1.93. The predicted octanol–water partition coefficient (Wildman–Crippen LogP) is 4.44. The van der Waals surface area contributed by atoms with Crippen LogP contribution < -0.4 is 5.73 Å². The summed E-state index contributed by atoms with van der Waals surface area (Å²) in [5.74, 6) is -0.251. The van der Waals surface area contributed by atoms with Crippen molar-refractivity contribution in [2.75, 3.05) is 6.54 Å². The molecule has 2 aromatic carbocycles. The van der Waals surface area contributed by atoms with Crippen molar-refractivity contribution in [3.05, 3.63) is 70.8 Å².